The molecule has 8 heteroatoms. The van der Waals surface area contributed by atoms with Crippen LogP contribution in [0.4, 0.5) is 0 Å². The highest BCUT2D eigenvalue weighted by atomic mass is 16.5. The van der Waals surface area contributed by atoms with Crippen LogP contribution in [-0.4, -0.2) is 67.9 Å². The highest BCUT2D eigenvalue weighted by molar-refractivity contribution is 5.91. The van der Waals surface area contributed by atoms with E-state index in [1.165, 1.54) is 4.90 Å². The smallest absolute Gasteiger partial charge is 0.290 e. The molecule has 1 fully saturated rings. The summed E-state index contributed by atoms with van der Waals surface area (Å²) < 4.78 is 16.1. The lowest BCUT2D eigenvalue weighted by Crippen LogP contribution is -2.50. The van der Waals surface area contributed by atoms with Crippen molar-refractivity contribution in [3.05, 3.63) is 17.5 Å². The molecule has 0 aromatic carbocycles. The fraction of sp³-hybridized carbons (Fsp3) is 0.688. The maximum atomic E-state index is 12.3. The van der Waals surface area contributed by atoms with Crippen molar-refractivity contribution in [3.8, 4) is 0 Å². The molecule has 134 valence electrons. The summed E-state index contributed by atoms with van der Waals surface area (Å²) in [6.45, 7) is 4.76. The van der Waals surface area contributed by atoms with Crippen LogP contribution in [-0.2, 0) is 14.3 Å². The molecule has 2 amide bonds. The van der Waals surface area contributed by atoms with Gasteiger partial charge in [0.15, 0.2) is 0 Å². The maximum Gasteiger partial charge on any atom is 0.290 e. The SMILES string of the molecule is CC(C)c1cc(C(=O)N[C@@H]2CCOC[C@H]2OCC(=O)N(C)C)on1. The fourth-order valence-electron chi connectivity index (χ4n) is 2.26. The van der Waals surface area contributed by atoms with Gasteiger partial charge in [-0.05, 0) is 12.3 Å². The van der Waals surface area contributed by atoms with Gasteiger partial charge in [-0.2, -0.15) is 0 Å². The van der Waals surface area contributed by atoms with E-state index in [1.54, 1.807) is 20.2 Å². The van der Waals surface area contributed by atoms with Crippen LogP contribution >= 0.6 is 0 Å². The Morgan fingerprint density at radius 1 is 1.46 bits per heavy atom. The minimum absolute atomic E-state index is 0.0484. The average molecular weight is 339 g/mol. The van der Waals surface area contributed by atoms with Gasteiger partial charge in [-0.1, -0.05) is 19.0 Å². The van der Waals surface area contributed by atoms with Crippen molar-refractivity contribution in [3.63, 3.8) is 0 Å². The van der Waals surface area contributed by atoms with Crippen molar-refractivity contribution in [2.24, 2.45) is 0 Å². The Labute approximate surface area is 141 Å². The average Bonchev–Trinajstić information content (AvgIpc) is 3.04. The molecule has 1 aliphatic heterocycles. The summed E-state index contributed by atoms with van der Waals surface area (Å²) in [7, 11) is 3.33. The molecular formula is C16H25N3O5. The molecule has 1 aromatic rings. The van der Waals surface area contributed by atoms with Crippen molar-refractivity contribution in [1.29, 1.82) is 0 Å². The van der Waals surface area contributed by atoms with Crippen LogP contribution < -0.4 is 5.32 Å². The molecule has 0 radical (unpaired) electrons. The molecule has 2 rings (SSSR count). The summed E-state index contributed by atoms with van der Waals surface area (Å²) in [4.78, 5) is 25.4. The van der Waals surface area contributed by atoms with E-state index in [0.29, 0.717) is 19.6 Å². The first-order valence-electron chi connectivity index (χ1n) is 8.05. The van der Waals surface area contributed by atoms with Crippen molar-refractivity contribution in [1.82, 2.24) is 15.4 Å². The second-order valence-corrected chi connectivity index (χ2v) is 6.35. The van der Waals surface area contributed by atoms with Crippen molar-refractivity contribution < 1.29 is 23.6 Å². The van der Waals surface area contributed by atoms with Crippen molar-refractivity contribution in [2.45, 2.75) is 38.3 Å². The van der Waals surface area contributed by atoms with E-state index in [1.807, 2.05) is 13.8 Å². The molecule has 0 bridgehead atoms. The van der Waals surface area contributed by atoms with Crippen molar-refractivity contribution in [2.75, 3.05) is 33.9 Å². The molecule has 24 heavy (non-hydrogen) atoms. The topological polar surface area (TPSA) is 93.9 Å². The molecule has 1 N–H and O–H groups in total. The van der Waals surface area contributed by atoms with Crippen LogP contribution in [0.3, 0.4) is 0 Å². The van der Waals surface area contributed by atoms with Gasteiger partial charge < -0.3 is 24.2 Å². The van der Waals surface area contributed by atoms with Crippen LogP contribution in [0.15, 0.2) is 10.6 Å². The summed E-state index contributed by atoms with van der Waals surface area (Å²) in [6, 6.07) is 1.40. The van der Waals surface area contributed by atoms with Crippen molar-refractivity contribution >= 4 is 11.8 Å². The third-order valence-corrected chi connectivity index (χ3v) is 3.88. The molecule has 0 unspecified atom stereocenters. The molecule has 8 nitrogen and oxygen atoms in total. The molecule has 2 heterocycles. The number of aromatic nitrogens is 1. The third-order valence-electron chi connectivity index (χ3n) is 3.88. The quantitative estimate of drug-likeness (QED) is 0.823. The number of hydrogen-bond acceptors (Lipinski definition) is 6. The maximum absolute atomic E-state index is 12.3. The second-order valence-electron chi connectivity index (χ2n) is 6.35. The predicted octanol–water partition coefficient (Wildman–Crippen LogP) is 0.790. The number of rotatable bonds is 6. The fourth-order valence-corrected chi connectivity index (χ4v) is 2.26. The minimum atomic E-state index is -0.376. The summed E-state index contributed by atoms with van der Waals surface area (Å²) in [6.07, 6.45) is 0.233. The number of carbonyl (C=O) groups excluding carboxylic acids is 2. The van der Waals surface area contributed by atoms with Crippen LogP contribution in [0, 0.1) is 0 Å². The largest absolute Gasteiger partial charge is 0.379 e. The number of carbonyl (C=O) groups is 2. The van der Waals surface area contributed by atoms with E-state index in [2.05, 4.69) is 10.5 Å². The normalized spacial score (nSPS) is 20.9. The van der Waals surface area contributed by atoms with Gasteiger partial charge in [-0.3, -0.25) is 9.59 Å². The Hall–Kier alpha value is -1.93. The van der Waals surface area contributed by atoms with Gasteiger partial charge in [0.2, 0.25) is 11.7 Å². The number of amides is 2. The number of likely N-dealkylation sites (N-methyl/N-ethyl adjacent to an activating group) is 1. The molecule has 1 saturated heterocycles. The first kappa shape index (κ1) is 18.4. The van der Waals surface area contributed by atoms with Gasteiger partial charge in [0, 0.05) is 26.8 Å². The van der Waals surface area contributed by atoms with Gasteiger partial charge >= 0.3 is 0 Å². The van der Waals surface area contributed by atoms with Gasteiger partial charge in [0.1, 0.15) is 12.7 Å². The zero-order valence-corrected chi connectivity index (χ0v) is 14.6. The number of nitrogens with zero attached hydrogens (tertiary/aromatic N) is 2. The molecule has 0 spiro atoms. The van der Waals surface area contributed by atoms with Gasteiger partial charge in [0.25, 0.3) is 5.91 Å². The lowest BCUT2D eigenvalue weighted by Gasteiger charge is -2.31. The summed E-state index contributed by atoms with van der Waals surface area (Å²) in [5, 5.41) is 6.77. The Morgan fingerprint density at radius 3 is 2.83 bits per heavy atom. The van der Waals surface area contributed by atoms with Crippen LogP contribution in [0.2, 0.25) is 0 Å². The van der Waals surface area contributed by atoms with E-state index in [0.717, 1.165) is 5.69 Å². The predicted molar refractivity (Wildman–Crippen MR) is 85.7 cm³/mol. The molecule has 1 aliphatic rings. The molecule has 0 saturated carbocycles. The number of nitrogens with one attached hydrogen (secondary N) is 1. The van der Waals surface area contributed by atoms with Gasteiger partial charge in [0.05, 0.1) is 18.3 Å². The van der Waals surface area contributed by atoms with Crippen LogP contribution in [0.5, 0.6) is 0 Å². The van der Waals surface area contributed by atoms with E-state index < -0.39 is 0 Å². The van der Waals surface area contributed by atoms with Gasteiger partial charge in [-0.25, -0.2) is 0 Å². The number of hydrogen-bond donors (Lipinski definition) is 1. The lowest BCUT2D eigenvalue weighted by molar-refractivity contribution is -0.140. The third kappa shape index (κ3) is 4.78. The number of ether oxygens (including phenoxy) is 2. The van der Waals surface area contributed by atoms with E-state index in [4.69, 9.17) is 14.0 Å². The highest BCUT2D eigenvalue weighted by Crippen LogP contribution is 2.16. The first-order valence-corrected chi connectivity index (χ1v) is 8.05. The van der Waals surface area contributed by atoms with Crippen LogP contribution in [0.25, 0.3) is 0 Å². The highest BCUT2D eigenvalue weighted by Gasteiger charge is 2.30. The van der Waals surface area contributed by atoms with E-state index >= 15 is 0 Å². The Morgan fingerprint density at radius 2 is 2.21 bits per heavy atom. The summed E-state index contributed by atoms with van der Waals surface area (Å²) in [5.74, 6) is -0.115. The molecular weight excluding hydrogens is 314 g/mol. The second kappa shape index (κ2) is 8.25. The lowest BCUT2D eigenvalue weighted by atomic mass is 10.1. The summed E-state index contributed by atoms with van der Waals surface area (Å²) >= 11 is 0. The van der Waals surface area contributed by atoms with Crippen LogP contribution in [0.1, 0.15) is 42.4 Å². The zero-order chi connectivity index (χ0) is 17.7. The molecule has 1 aromatic heterocycles. The minimum Gasteiger partial charge on any atom is -0.379 e. The monoisotopic (exact) mass is 339 g/mol. The van der Waals surface area contributed by atoms with Gasteiger partial charge in [-0.15, -0.1) is 0 Å². The molecule has 0 aliphatic carbocycles. The summed E-state index contributed by atoms with van der Waals surface area (Å²) in [5.41, 5.74) is 0.733. The molecule has 2 atom stereocenters. The first-order chi connectivity index (χ1) is 11.4. The standard InChI is InChI=1S/C16H25N3O5/c1-10(2)12-7-13(24-18-12)16(21)17-11-5-6-22-8-14(11)23-9-15(20)19(3)4/h7,10-11,14H,5-6,8-9H2,1-4H3,(H,17,21)/t11-,14-/m1/s1. The Bertz CT molecular complexity index is 570. The van der Waals surface area contributed by atoms with E-state index in [-0.39, 0.29) is 42.2 Å². The zero-order valence-electron chi connectivity index (χ0n) is 14.6. The van der Waals surface area contributed by atoms with E-state index in [9.17, 15) is 9.59 Å². The Kier molecular flexibility index (Phi) is 6.33. The Balaban J connectivity index is 1.94.